The van der Waals surface area contributed by atoms with Crippen molar-refractivity contribution in [2.45, 2.75) is 6.92 Å². The number of hydrogen-bond acceptors (Lipinski definition) is 6. The second-order valence-electron chi connectivity index (χ2n) is 5.57. The number of anilines is 1. The maximum absolute atomic E-state index is 12.6. The molecule has 1 amide bonds. The highest BCUT2D eigenvalue weighted by atomic mass is 35.5. The second kappa shape index (κ2) is 7.85. The maximum atomic E-state index is 12.6. The molecule has 1 aromatic heterocycles. The summed E-state index contributed by atoms with van der Waals surface area (Å²) in [4.78, 5) is 12.6. The summed E-state index contributed by atoms with van der Waals surface area (Å²) in [6.07, 6.45) is 0. The Kier molecular flexibility index (Phi) is 5.53. The summed E-state index contributed by atoms with van der Waals surface area (Å²) in [5.74, 6) is 0.717. The quantitative estimate of drug-likeness (QED) is 0.663. The summed E-state index contributed by atoms with van der Waals surface area (Å²) in [7, 11) is 3.03. The van der Waals surface area contributed by atoms with Crippen LogP contribution in [-0.2, 0) is 0 Å². The molecule has 0 aliphatic heterocycles. The molecule has 0 saturated carbocycles. The van der Waals surface area contributed by atoms with Crippen LogP contribution in [0.3, 0.4) is 0 Å². The van der Waals surface area contributed by atoms with E-state index in [2.05, 4.69) is 15.6 Å². The van der Waals surface area contributed by atoms with Gasteiger partial charge in [-0.3, -0.25) is 4.79 Å². The first kappa shape index (κ1) is 19.0. The van der Waals surface area contributed by atoms with E-state index in [-0.39, 0.29) is 21.4 Å². The van der Waals surface area contributed by atoms with Gasteiger partial charge in [0.05, 0.1) is 24.3 Å². The van der Waals surface area contributed by atoms with Gasteiger partial charge in [0.1, 0.15) is 5.75 Å². The number of amides is 1. The summed E-state index contributed by atoms with van der Waals surface area (Å²) in [6.45, 7) is 1.89. The van der Waals surface area contributed by atoms with Gasteiger partial charge in [0.15, 0.2) is 11.4 Å². The van der Waals surface area contributed by atoms with Crippen LogP contribution in [0.15, 0.2) is 35.0 Å². The van der Waals surface area contributed by atoms with Gasteiger partial charge in [-0.15, -0.1) is 0 Å². The number of ether oxygens (including phenoxy) is 2. The Labute approximate surface area is 165 Å². The van der Waals surface area contributed by atoms with Crippen LogP contribution in [0.4, 0.5) is 5.82 Å². The molecule has 0 unspecified atom stereocenters. The van der Waals surface area contributed by atoms with E-state index in [1.807, 2.05) is 19.1 Å². The molecule has 3 aromatic rings. The number of carbonyl (C=O) groups is 1. The predicted molar refractivity (Wildman–Crippen MR) is 102 cm³/mol. The Morgan fingerprint density at radius 2 is 1.78 bits per heavy atom. The number of carbonyl (C=O) groups excluding carboxylic acids is 1. The van der Waals surface area contributed by atoms with E-state index >= 15 is 0 Å². The number of hydrogen-bond donors (Lipinski definition) is 1. The molecule has 140 valence electrons. The van der Waals surface area contributed by atoms with Crippen LogP contribution < -0.4 is 14.8 Å². The molecule has 1 heterocycles. The van der Waals surface area contributed by atoms with Gasteiger partial charge in [-0.25, -0.2) is 4.63 Å². The highest BCUT2D eigenvalue weighted by Gasteiger charge is 2.19. The maximum Gasteiger partial charge on any atom is 0.257 e. The number of halogens is 2. The third-order valence-corrected chi connectivity index (χ3v) is 4.44. The van der Waals surface area contributed by atoms with E-state index in [1.54, 1.807) is 13.2 Å². The normalized spacial score (nSPS) is 10.6. The zero-order chi connectivity index (χ0) is 19.6. The zero-order valence-corrected chi connectivity index (χ0v) is 16.2. The molecule has 27 heavy (non-hydrogen) atoms. The predicted octanol–water partition coefficient (Wildman–Crippen LogP) is 4.62. The van der Waals surface area contributed by atoms with Gasteiger partial charge >= 0.3 is 0 Å². The molecule has 2 aromatic carbocycles. The highest BCUT2D eigenvalue weighted by molar-refractivity contribution is 6.37. The van der Waals surface area contributed by atoms with E-state index in [9.17, 15) is 4.79 Å². The van der Waals surface area contributed by atoms with E-state index in [0.717, 1.165) is 11.1 Å². The topological polar surface area (TPSA) is 86.5 Å². The minimum absolute atomic E-state index is 0.177. The molecular formula is C18H15Cl2N3O4. The van der Waals surface area contributed by atoms with Gasteiger partial charge in [-0.1, -0.05) is 23.2 Å². The fraction of sp³-hybridized carbons (Fsp3) is 0.167. The smallest absolute Gasteiger partial charge is 0.257 e. The molecule has 0 radical (unpaired) electrons. The molecule has 0 aliphatic rings. The van der Waals surface area contributed by atoms with Crippen molar-refractivity contribution in [2.24, 2.45) is 0 Å². The minimum atomic E-state index is -0.468. The van der Waals surface area contributed by atoms with Crippen LogP contribution >= 0.6 is 23.2 Å². The van der Waals surface area contributed by atoms with Crippen LogP contribution in [0.5, 0.6) is 11.5 Å². The average molecular weight is 408 g/mol. The monoisotopic (exact) mass is 407 g/mol. The summed E-state index contributed by atoms with van der Waals surface area (Å²) in [5.41, 5.74) is 2.27. The lowest BCUT2D eigenvalue weighted by Crippen LogP contribution is -2.13. The SMILES string of the molecule is COc1ccc(-c2nonc2NC(=O)c2cc(Cl)c(OC)c(Cl)c2)c(C)c1. The van der Waals surface area contributed by atoms with E-state index in [4.69, 9.17) is 37.3 Å². The van der Waals surface area contributed by atoms with E-state index in [1.165, 1.54) is 19.2 Å². The van der Waals surface area contributed by atoms with Crippen molar-refractivity contribution < 1.29 is 18.9 Å². The lowest BCUT2D eigenvalue weighted by molar-refractivity contribution is 0.102. The summed E-state index contributed by atoms with van der Waals surface area (Å²) < 4.78 is 15.1. The fourth-order valence-corrected chi connectivity index (χ4v) is 3.18. The molecule has 0 fully saturated rings. The molecule has 0 saturated heterocycles. The van der Waals surface area contributed by atoms with Crippen molar-refractivity contribution in [1.29, 1.82) is 0 Å². The Morgan fingerprint density at radius 1 is 1.07 bits per heavy atom. The number of methoxy groups -OCH3 is 2. The van der Waals surface area contributed by atoms with Crippen LogP contribution in [0.25, 0.3) is 11.3 Å². The van der Waals surface area contributed by atoms with Crippen LogP contribution in [-0.4, -0.2) is 30.4 Å². The summed E-state index contributed by atoms with van der Waals surface area (Å²) in [5, 5.41) is 10.8. The molecule has 3 rings (SSSR count). The Bertz CT molecular complexity index is 981. The number of benzene rings is 2. The molecule has 0 bridgehead atoms. The standard InChI is InChI=1S/C18H15Cl2N3O4/c1-9-6-11(25-2)4-5-12(9)15-17(23-27-22-15)21-18(24)10-7-13(19)16(26-3)14(20)8-10/h4-8H,1-3H3,(H,21,23,24). The highest BCUT2D eigenvalue weighted by Crippen LogP contribution is 2.34. The van der Waals surface area contributed by atoms with Crippen molar-refractivity contribution >= 4 is 34.9 Å². The van der Waals surface area contributed by atoms with Crippen molar-refractivity contribution in [1.82, 2.24) is 10.3 Å². The summed E-state index contributed by atoms with van der Waals surface area (Å²) >= 11 is 12.2. The Morgan fingerprint density at radius 3 is 2.37 bits per heavy atom. The van der Waals surface area contributed by atoms with Crippen LogP contribution in [0, 0.1) is 6.92 Å². The molecular weight excluding hydrogens is 393 g/mol. The van der Waals surface area contributed by atoms with Crippen LogP contribution in [0.1, 0.15) is 15.9 Å². The first-order valence-corrected chi connectivity index (χ1v) is 8.52. The van der Waals surface area contributed by atoms with Gasteiger partial charge in [0, 0.05) is 11.1 Å². The molecule has 0 atom stereocenters. The number of nitrogens with one attached hydrogen (secondary N) is 1. The Hall–Kier alpha value is -2.77. The lowest BCUT2D eigenvalue weighted by Gasteiger charge is -2.09. The number of rotatable bonds is 5. The van der Waals surface area contributed by atoms with Gasteiger partial charge in [-0.2, -0.15) is 0 Å². The molecule has 0 aliphatic carbocycles. The number of nitrogens with zero attached hydrogens (tertiary/aromatic N) is 2. The van der Waals surface area contributed by atoms with Crippen molar-refractivity contribution in [2.75, 3.05) is 19.5 Å². The van der Waals surface area contributed by atoms with E-state index in [0.29, 0.717) is 17.2 Å². The third kappa shape index (κ3) is 3.84. The van der Waals surface area contributed by atoms with Gasteiger partial charge in [0.25, 0.3) is 5.91 Å². The number of aryl methyl sites for hydroxylation is 1. The minimum Gasteiger partial charge on any atom is -0.497 e. The van der Waals surface area contributed by atoms with E-state index < -0.39 is 5.91 Å². The average Bonchev–Trinajstić information content (AvgIpc) is 3.09. The largest absolute Gasteiger partial charge is 0.497 e. The van der Waals surface area contributed by atoms with Gasteiger partial charge in [0.2, 0.25) is 5.82 Å². The van der Waals surface area contributed by atoms with Gasteiger partial charge < -0.3 is 14.8 Å². The van der Waals surface area contributed by atoms with Crippen LogP contribution in [0.2, 0.25) is 10.0 Å². The molecule has 0 spiro atoms. The second-order valence-corrected chi connectivity index (χ2v) is 6.38. The number of aromatic nitrogens is 2. The molecule has 1 N–H and O–H groups in total. The fourth-order valence-electron chi connectivity index (χ4n) is 2.54. The zero-order valence-electron chi connectivity index (χ0n) is 14.7. The summed E-state index contributed by atoms with van der Waals surface area (Å²) in [6, 6.07) is 8.34. The third-order valence-electron chi connectivity index (χ3n) is 3.87. The molecule has 9 heteroatoms. The van der Waals surface area contributed by atoms with Crippen molar-refractivity contribution in [3.8, 4) is 22.8 Å². The Balaban J connectivity index is 1.90. The van der Waals surface area contributed by atoms with Crippen molar-refractivity contribution in [3.63, 3.8) is 0 Å². The first-order chi connectivity index (χ1) is 12.9. The van der Waals surface area contributed by atoms with Gasteiger partial charge in [-0.05, 0) is 53.1 Å². The van der Waals surface area contributed by atoms with Crippen molar-refractivity contribution in [3.05, 3.63) is 51.5 Å². The first-order valence-electron chi connectivity index (χ1n) is 7.76. The molecule has 7 nitrogen and oxygen atoms in total. The lowest BCUT2D eigenvalue weighted by atomic mass is 10.1.